The van der Waals surface area contributed by atoms with Crippen molar-refractivity contribution < 1.29 is 28.8 Å². The van der Waals surface area contributed by atoms with Crippen LogP contribution < -0.4 is 10.6 Å². The molecule has 3 aliphatic heterocycles. The van der Waals surface area contributed by atoms with E-state index in [-0.39, 0.29) is 60.5 Å². The molecule has 10 nitrogen and oxygen atoms in total. The topological polar surface area (TPSA) is 133 Å². The van der Waals surface area contributed by atoms with Gasteiger partial charge in [0.05, 0.1) is 5.57 Å². The Hall–Kier alpha value is -4.44. The van der Waals surface area contributed by atoms with Gasteiger partial charge in [0.25, 0.3) is 5.91 Å². The van der Waals surface area contributed by atoms with E-state index in [2.05, 4.69) is 15.5 Å². The number of amides is 4. The Balaban J connectivity index is 0.958. The molecule has 10 heteroatoms. The first-order chi connectivity index (χ1) is 21.8. The standard InChI is InChI=1S/C35H38N4O6/c40-30-19-24(22-7-2-1-3-8-22)20-31(41)26(30)9-4-5-16-38-17-14-23(15-18-38)33(43)36-28-11-6-10-25-27(28)21-39(35(25)45)29-12-13-32(42)37-34(29)44/h1-3,6-11,23-24,29H,4-5,12-21H2,(H,36,43)(H,37,42,44). The third-order valence-electron chi connectivity index (χ3n) is 9.56. The molecule has 0 bridgehead atoms. The first-order valence-electron chi connectivity index (χ1n) is 15.9. The monoisotopic (exact) mass is 610 g/mol. The lowest BCUT2D eigenvalue weighted by Gasteiger charge is -2.31. The largest absolute Gasteiger partial charge is 0.326 e. The lowest BCUT2D eigenvalue weighted by Crippen LogP contribution is -2.52. The van der Waals surface area contributed by atoms with Crippen LogP contribution in [0.1, 0.15) is 78.8 Å². The first-order valence-corrected chi connectivity index (χ1v) is 15.9. The summed E-state index contributed by atoms with van der Waals surface area (Å²) in [6.45, 7) is 2.59. The third kappa shape index (κ3) is 6.66. The molecule has 2 aromatic carbocycles. The van der Waals surface area contributed by atoms with Crippen LogP contribution in [0.2, 0.25) is 0 Å². The van der Waals surface area contributed by atoms with Crippen LogP contribution in [0.3, 0.4) is 0 Å². The second kappa shape index (κ2) is 13.3. The molecule has 1 saturated carbocycles. The van der Waals surface area contributed by atoms with E-state index in [1.165, 1.54) is 4.90 Å². The highest BCUT2D eigenvalue weighted by Gasteiger charge is 2.40. The molecule has 2 saturated heterocycles. The lowest BCUT2D eigenvalue weighted by molar-refractivity contribution is -0.137. The van der Waals surface area contributed by atoms with Crippen molar-refractivity contribution in [1.29, 1.82) is 0 Å². The number of nitrogens with one attached hydrogen (secondary N) is 2. The molecule has 3 heterocycles. The highest BCUT2D eigenvalue weighted by molar-refractivity contribution is 6.22. The fourth-order valence-corrected chi connectivity index (χ4v) is 7.00. The van der Waals surface area contributed by atoms with Crippen molar-refractivity contribution in [2.24, 2.45) is 5.92 Å². The van der Waals surface area contributed by atoms with Gasteiger partial charge in [-0.05, 0) is 75.4 Å². The SMILES string of the molecule is O=C1CCC(N2Cc3c(NC(=O)C4CCN(CCCC=C5C(=O)CC(c6ccccc6)CC5=O)CC4)cccc3C2=O)C(=O)N1. The van der Waals surface area contributed by atoms with E-state index in [0.29, 0.717) is 54.5 Å². The minimum Gasteiger partial charge on any atom is -0.326 e. The van der Waals surface area contributed by atoms with Crippen molar-refractivity contribution >= 4 is 40.9 Å². The second-order valence-corrected chi connectivity index (χ2v) is 12.5. The van der Waals surface area contributed by atoms with Crippen molar-refractivity contribution in [3.8, 4) is 0 Å². The van der Waals surface area contributed by atoms with Gasteiger partial charge in [-0.1, -0.05) is 42.5 Å². The van der Waals surface area contributed by atoms with Crippen LogP contribution in [0.25, 0.3) is 0 Å². The predicted molar refractivity (Wildman–Crippen MR) is 166 cm³/mol. The number of benzene rings is 2. The molecule has 0 radical (unpaired) electrons. The minimum absolute atomic E-state index is 0.0420. The molecule has 234 valence electrons. The number of anilines is 1. The quantitative estimate of drug-likeness (QED) is 0.202. The number of hydrogen-bond acceptors (Lipinski definition) is 7. The number of fused-ring (bicyclic) bond motifs is 1. The fourth-order valence-electron chi connectivity index (χ4n) is 7.00. The summed E-state index contributed by atoms with van der Waals surface area (Å²) < 4.78 is 0. The molecule has 1 atom stereocenters. The number of unbranched alkanes of at least 4 members (excludes halogenated alkanes) is 1. The van der Waals surface area contributed by atoms with E-state index >= 15 is 0 Å². The average molecular weight is 611 g/mol. The van der Waals surface area contributed by atoms with E-state index in [0.717, 1.165) is 31.6 Å². The van der Waals surface area contributed by atoms with Crippen molar-refractivity contribution in [3.63, 3.8) is 0 Å². The van der Waals surface area contributed by atoms with E-state index < -0.39 is 11.9 Å². The Morgan fingerprint density at radius 2 is 1.64 bits per heavy atom. The molecule has 4 aliphatic rings. The molecule has 1 aliphatic carbocycles. The first kappa shape index (κ1) is 30.6. The number of Topliss-reactive ketones (excluding diaryl/α,β-unsaturated/α-hetero) is 2. The molecule has 4 amide bonds. The smallest absolute Gasteiger partial charge is 0.255 e. The van der Waals surface area contributed by atoms with Crippen molar-refractivity contribution in [3.05, 3.63) is 76.9 Å². The van der Waals surface area contributed by atoms with E-state index in [1.54, 1.807) is 18.2 Å². The molecular weight excluding hydrogens is 572 g/mol. The molecule has 1 unspecified atom stereocenters. The van der Waals surface area contributed by atoms with E-state index in [1.807, 2.05) is 36.4 Å². The average Bonchev–Trinajstić information content (AvgIpc) is 3.37. The maximum atomic E-state index is 13.2. The molecule has 6 rings (SSSR count). The van der Waals surface area contributed by atoms with Gasteiger partial charge in [-0.15, -0.1) is 0 Å². The van der Waals surface area contributed by atoms with E-state index in [9.17, 15) is 28.8 Å². The molecule has 3 fully saturated rings. The Morgan fingerprint density at radius 3 is 2.36 bits per heavy atom. The summed E-state index contributed by atoms with van der Waals surface area (Å²) in [5, 5.41) is 5.35. The van der Waals surface area contributed by atoms with Crippen molar-refractivity contribution in [2.75, 3.05) is 25.0 Å². The fraction of sp³-hybridized carbons (Fsp3) is 0.429. The summed E-state index contributed by atoms with van der Waals surface area (Å²) in [6, 6.07) is 14.3. The Labute approximate surface area is 262 Å². The molecular formula is C35H38N4O6. The summed E-state index contributed by atoms with van der Waals surface area (Å²) in [5.74, 6) is -1.47. The van der Waals surface area contributed by atoms with Gasteiger partial charge in [-0.3, -0.25) is 34.1 Å². The lowest BCUT2D eigenvalue weighted by atomic mass is 9.79. The number of carbonyl (C=O) groups excluding carboxylic acids is 6. The van der Waals surface area contributed by atoms with Crippen LogP contribution in [0.4, 0.5) is 5.69 Å². The van der Waals surface area contributed by atoms with Crippen LogP contribution in [0.15, 0.2) is 60.2 Å². The molecule has 45 heavy (non-hydrogen) atoms. The second-order valence-electron chi connectivity index (χ2n) is 12.5. The summed E-state index contributed by atoms with van der Waals surface area (Å²) in [4.78, 5) is 79.5. The number of nitrogens with zero attached hydrogens (tertiary/aromatic N) is 2. The number of rotatable bonds is 8. The minimum atomic E-state index is -0.706. The maximum Gasteiger partial charge on any atom is 0.255 e. The van der Waals surface area contributed by atoms with Gasteiger partial charge in [0.2, 0.25) is 17.7 Å². The summed E-state index contributed by atoms with van der Waals surface area (Å²) in [6.07, 6.45) is 5.94. The zero-order valence-electron chi connectivity index (χ0n) is 25.3. The maximum absolute atomic E-state index is 13.2. The number of ketones is 2. The van der Waals surface area contributed by atoms with Gasteiger partial charge in [0.1, 0.15) is 6.04 Å². The molecule has 2 aromatic rings. The molecule has 0 aromatic heterocycles. The van der Waals surface area contributed by atoms with Crippen molar-refractivity contribution in [2.45, 2.75) is 69.9 Å². The van der Waals surface area contributed by atoms with Crippen LogP contribution in [0, 0.1) is 5.92 Å². The third-order valence-corrected chi connectivity index (χ3v) is 9.56. The van der Waals surface area contributed by atoms with E-state index in [4.69, 9.17) is 0 Å². The Bertz CT molecular complexity index is 1540. The summed E-state index contributed by atoms with van der Waals surface area (Å²) in [5.41, 5.74) is 3.13. The van der Waals surface area contributed by atoms with Gasteiger partial charge >= 0.3 is 0 Å². The Kier molecular flexibility index (Phi) is 9.02. The van der Waals surface area contributed by atoms with Crippen LogP contribution in [0.5, 0.6) is 0 Å². The summed E-state index contributed by atoms with van der Waals surface area (Å²) in [7, 11) is 0. The number of likely N-dealkylation sites (tertiary alicyclic amines) is 1. The van der Waals surface area contributed by atoms with Crippen molar-refractivity contribution in [1.82, 2.24) is 15.1 Å². The Morgan fingerprint density at radius 1 is 0.911 bits per heavy atom. The predicted octanol–water partition coefficient (Wildman–Crippen LogP) is 3.52. The number of carbonyl (C=O) groups is 6. The highest BCUT2D eigenvalue weighted by Crippen LogP contribution is 2.34. The zero-order valence-corrected chi connectivity index (χ0v) is 25.3. The number of hydrogen-bond donors (Lipinski definition) is 2. The van der Waals surface area contributed by atoms with Crippen LogP contribution in [-0.4, -0.2) is 70.7 Å². The number of imide groups is 1. The summed E-state index contributed by atoms with van der Waals surface area (Å²) >= 11 is 0. The van der Waals surface area contributed by atoms with Crippen LogP contribution >= 0.6 is 0 Å². The number of allylic oxidation sites excluding steroid dienone is 2. The number of piperidine rings is 2. The highest BCUT2D eigenvalue weighted by atomic mass is 16.2. The van der Waals surface area contributed by atoms with Gasteiger partial charge in [-0.25, -0.2) is 0 Å². The van der Waals surface area contributed by atoms with Gasteiger partial charge in [0.15, 0.2) is 11.6 Å². The molecule has 0 spiro atoms. The van der Waals surface area contributed by atoms with Gasteiger partial charge < -0.3 is 15.1 Å². The van der Waals surface area contributed by atoms with Crippen LogP contribution in [-0.2, 0) is 30.5 Å². The van der Waals surface area contributed by atoms with Gasteiger partial charge in [0, 0.05) is 48.5 Å². The zero-order chi connectivity index (χ0) is 31.5. The van der Waals surface area contributed by atoms with Gasteiger partial charge in [-0.2, -0.15) is 0 Å². The normalized spacial score (nSPS) is 22.8. The molecule has 2 N–H and O–H groups in total.